The third-order valence-corrected chi connectivity index (χ3v) is 4.49. The quantitative estimate of drug-likeness (QED) is 0.683. The molecule has 2 heteroatoms. The Bertz CT molecular complexity index is 238. The van der Waals surface area contributed by atoms with Crippen LogP contribution in [-0.2, 0) is 4.79 Å². The van der Waals surface area contributed by atoms with E-state index >= 15 is 0 Å². The van der Waals surface area contributed by atoms with Gasteiger partial charge >= 0.3 is 0 Å². The lowest BCUT2D eigenvalue weighted by molar-refractivity contribution is -0.123. The molecule has 1 aliphatic carbocycles. The van der Waals surface area contributed by atoms with Crippen LogP contribution in [0.15, 0.2) is 0 Å². The van der Waals surface area contributed by atoms with E-state index in [0.717, 1.165) is 12.5 Å². The highest BCUT2D eigenvalue weighted by atomic mass is 16.2. The van der Waals surface area contributed by atoms with Crippen LogP contribution in [0.2, 0.25) is 0 Å². The lowest BCUT2D eigenvalue weighted by atomic mass is 9.64. The smallest absolute Gasteiger partial charge is 0.223 e. The highest BCUT2D eigenvalue weighted by molar-refractivity contribution is 5.81. The molecule has 1 saturated carbocycles. The number of carbonyl (C=O) groups excluding carboxylic acids is 1. The Morgan fingerprint density at radius 3 is 2.93 bits per heavy atom. The van der Waals surface area contributed by atoms with E-state index in [-0.39, 0.29) is 11.8 Å². The van der Waals surface area contributed by atoms with E-state index in [9.17, 15) is 4.79 Å². The number of hydrogen-bond acceptors (Lipinski definition) is 1. The van der Waals surface area contributed by atoms with Gasteiger partial charge in [0.15, 0.2) is 0 Å². The van der Waals surface area contributed by atoms with Crippen LogP contribution in [0.4, 0.5) is 0 Å². The second-order valence-corrected chi connectivity index (χ2v) is 5.17. The minimum absolute atomic E-state index is 0.247. The molecule has 1 heterocycles. The Hall–Kier alpha value is -0.530. The van der Waals surface area contributed by atoms with Crippen LogP contribution in [0, 0.1) is 17.3 Å². The highest BCUT2D eigenvalue weighted by Gasteiger charge is 2.47. The summed E-state index contributed by atoms with van der Waals surface area (Å²) in [6.45, 7) is 5.32. The summed E-state index contributed by atoms with van der Waals surface area (Å²) in [5.74, 6) is 1.39. The molecule has 1 N–H and O–H groups in total. The molecule has 2 rings (SSSR count). The maximum absolute atomic E-state index is 11.5. The van der Waals surface area contributed by atoms with Crippen molar-refractivity contribution in [3.8, 4) is 0 Å². The molecule has 1 spiro atoms. The molecule has 1 amide bonds. The van der Waals surface area contributed by atoms with Crippen molar-refractivity contribution in [2.75, 3.05) is 6.54 Å². The number of amides is 1. The highest BCUT2D eigenvalue weighted by Crippen LogP contribution is 2.47. The summed E-state index contributed by atoms with van der Waals surface area (Å²) in [6.07, 6.45) is 6.49. The summed E-state index contributed by atoms with van der Waals surface area (Å²) in [5.41, 5.74) is 0.315. The van der Waals surface area contributed by atoms with Crippen molar-refractivity contribution in [1.29, 1.82) is 0 Å². The summed E-state index contributed by atoms with van der Waals surface area (Å²) in [7, 11) is 0. The number of hydrogen-bond donors (Lipinski definition) is 1. The van der Waals surface area contributed by atoms with E-state index in [0.29, 0.717) is 5.41 Å². The fourth-order valence-corrected chi connectivity index (χ4v) is 3.27. The van der Waals surface area contributed by atoms with Gasteiger partial charge in [0.1, 0.15) is 0 Å². The minimum atomic E-state index is 0.247. The maximum atomic E-state index is 11.5. The average molecular weight is 195 g/mol. The second-order valence-electron chi connectivity index (χ2n) is 5.17. The zero-order valence-corrected chi connectivity index (χ0v) is 9.31. The van der Waals surface area contributed by atoms with Crippen molar-refractivity contribution >= 4 is 5.91 Å². The molecular formula is C12H21NO. The van der Waals surface area contributed by atoms with E-state index in [2.05, 4.69) is 19.2 Å². The van der Waals surface area contributed by atoms with Crippen molar-refractivity contribution in [2.45, 2.75) is 46.0 Å². The molecular weight excluding hydrogens is 174 g/mol. The largest absolute Gasteiger partial charge is 0.355 e. The minimum Gasteiger partial charge on any atom is -0.355 e. The van der Waals surface area contributed by atoms with Gasteiger partial charge < -0.3 is 5.32 Å². The van der Waals surface area contributed by atoms with Crippen molar-refractivity contribution < 1.29 is 4.79 Å². The van der Waals surface area contributed by atoms with E-state index in [1.54, 1.807) is 0 Å². The molecule has 1 aliphatic heterocycles. The third-order valence-electron chi connectivity index (χ3n) is 4.49. The molecule has 0 aromatic heterocycles. The predicted octanol–water partition coefficient (Wildman–Crippen LogP) is 2.34. The zero-order chi connectivity index (χ0) is 10.2. The standard InChI is InChI=1S/C12H21NO/c1-3-10-5-4-6-12(7-10)8-13-11(14)9(12)2/h9-10H,3-8H2,1-2H3,(H,13,14). The topological polar surface area (TPSA) is 29.1 Å². The number of nitrogens with one attached hydrogen (secondary N) is 1. The Morgan fingerprint density at radius 1 is 1.57 bits per heavy atom. The Kier molecular flexibility index (Phi) is 2.54. The molecule has 3 atom stereocenters. The van der Waals surface area contributed by atoms with Crippen molar-refractivity contribution in [2.24, 2.45) is 17.3 Å². The Balaban J connectivity index is 2.11. The van der Waals surface area contributed by atoms with Crippen molar-refractivity contribution in [3.05, 3.63) is 0 Å². The zero-order valence-electron chi connectivity index (χ0n) is 9.31. The monoisotopic (exact) mass is 195 g/mol. The Morgan fingerprint density at radius 2 is 2.36 bits per heavy atom. The van der Waals surface area contributed by atoms with E-state index in [1.807, 2.05) is 0 Å². The van der Waals surface area contributed by atoms with Gasteiger partial charge in [-0.2, -0.15) is 0 Å². The van der Waals surface area contributed by atoms with Gasteiger partial charge in [-0.25, -0.2) is 0 Å². The molecule has 0 radical (unpaired) electrons. The van der Waals surface area contributed by atoms with Crippen LogP contribution in [0.3, 0.4) is 0 Å². The van der Waals surface area contributed by atoms with Gasteiger partial charge in [0, 0.05) is 12.5 Å². The summed E-state index contributed by atoms with van der Waals surface area (Å²) in [5, 5.41) is 3.04. The molecule has 0 aromatic rings. The molecule has 1 saturated heterocycles. The van der Waals surface area contributed by atoms with E-state index < -0.39 is 0 Å². The Labute approximate surface area is 86.5 Å². The van der Waals surface area contributed by atoms with Gasteiger partial charge in [0.2, 0.25) is 5.91 Å². The summed E-state index contributed by atoms with van der Waals surface area (Å²) in [6, 6.07) is 0. The fraction of sp³-hybridized carbons (Fsp3) is 0.917. The molecule has 14 heavy (non-hydrogen) atoms. The molecule has 80 valence electrons. The lowest BCUT2D eigenvalue weighted by Gasteiger charge is -2.39. The predicted molar refractivity (Wildman–Crippen MR) is 56.9 cm³/mol. The van der Waals surface area contributed by atoms with E-state index in [4.69, 9.17) is 0 Å². The normalized spacial score (nSPS) is 42.9. The van der Waals surface area contributed by atoms with Gasteiger partial charge in [0.05, 0.1) is 0 Å². The number of rotatable bonds is 1. The first-order valence-electron chi connectivity index (χ1n) is 5.95. The summed E-state index contributed by atoms with van der Waals surface area (Å²) < 4.78 is 0. The van der Waals surface area contributed by atoms with E-state index in [1.165, 1.54) is 32.1 Å². The van der Waals surface area contributed by atoms with Crippen LogP contribution in [0.5, 0.6) is 0 Å². The molecule has 2 fully saturated rings. The van der Waals surface area contributed by atoms with Gasteiger partial charge in [-0.3, -0.25) is 4.79 Å². The van der Waals surface area contributed by atoms with Crippen LogP contribution >= 0.6 is 0 Å². The van der Waals surface area contributed by atoms with Crippen LogP contribution in [0.25, 0.3) is 0 Å². The average Bonchev–Trinajstić information content (AvgIpc) is 2.48. The van der Waals surface area contributed by atoms with Crippen LogP contribution in [-0.4, -0.2) is 12.5 Å². The SMILES string of the molecule is CCC1CCCC2(CNC(=O)C2C)C1. The molecule has 3 unspecified atom stereocenters. The summed E-state index contributed by atoms with van der Waals surface area (Å²) in [4.78, 5) is 11.5. The summed E-state index contributed by atoms with van der Waals surface area (Å²) >= 11 is 0. The maximum Gasteiger partial charge on any atom is 0.223 e. The van der Waals surface area contributed by atoms with Gasteiger partial charge in [-0.15, -0.1) is 0 Å². The van der Waals surface area contributed by atoms with Crippen LogP contribution < -0.4 is 5.32 Å². The van der Waals surface area contributed by atoms with Crippen molar-refractivity contribution in [3.63, 3.8) is 0 Å². The molecule has 0 bridgehead atoms. The molecule has 0 aromatic carbocycles. The van der Waals surface area contributed by atoms with Crippen LogP contribution in [0.1, 0.15) is 46.0 Å². The lowest BCUT2D eigenvalue weighted by Crippen LogP contribution is -2.35. The fourth-order valence-electron chi connectivity index (χ4n) is 3.27. The third kappa shape index (κ3) is 1.45. The van der Waals surface area contributed by atoms with Gasteiger partial charge in [0.25, 0.3) is 0 Å². The second kappa shape index (κ2) is 3.56. The number of carbonyl (C=O) groups is 1. The first-order chi connectivity index (χ1) is 6.68. The van der Waals surface area contributed by atoms with Gasteiger partial charge in [-0.1, -0.05) is 33.1 Å². The van der Waals surface area contributed by atoms with Gasteiger partial charge in [-0.05, 0) is 24.2 Å². The first-order valence-corrected chi connectivity index (χ1v) is 5.95. The molecule has 2 aliphatic rings. The first kappa shape index (κ1) is 10.0. The molecule has 2 nitrogen and oxygen atoms in total. The van der Waals surface area contributed by atoms with Crippen molar-refractivity contribution in [1.82, 2.24) is 5.32 Å².